The number of carbonyl (C=O) groups is 3. The number of nitrogens with one attached hydrogen (secondary N) is 1. The molecule has 1 aromatic heterocycles. The number of hydrogen-bond donors (Lipinski definition) is 1. The van der Waals surface area contributed by atoms with Crippen LogP contribution in [0.1, 0.15) is 52.4 Å². The predicted molar refractivity (Wildman–Crippen MR) is 119 cm³/mol. The average molecular weight is 443 g/mol. The van der Waals surface area contributed by atoms with E-state index in [9.17, 15) is 14.4 Å². The number of carbonyl (C=O) groups excluding carboxylic acids is 3. The maximum absolute atomic E-state index is 13.7. The standard InChI is InChI=1S/C23H30N4O5/c1-6-32-21(29)17-13-19-20(28)27(18-9-8-15(2)12-16(18)3)23(4,14-26(19)25-17)22(30)24-10-7-11-31-5/h8-9,12-13H,6-7,10-11,14H2,1-5H3,(H,24,30). The zero-order valence-electron chi connectivity index (χ0n) is 19.2. The molecule has 172 valence electrons. The number of aryl methyl sites for hydroxylation is 2. The molecule has 1 atom stereocenters. The summed E-state index contributed by atoms with van der Waals surface area (Å²) in [6.07, 6.45) is 0.649. The zero-order valence-corrected chi connectivity index (χ0v) is 19.2. The van der Waals surface area contributed by atoms with E-state index in [0.717, 1.165) is 11.1 Å². The monoisotopic (exact) mass is 442 g/mol. The van der Waals surface area contributed by atoms with Gasteiger partial charge in [-0.15, -0.1) is 0 Å². The molecule has 1 N–H and O–H groups in total. The number of benzene rings is 1. The number of amides is 2. The first kappa shape index (κ1) is 23.5. The van der Waals surface area contributed by atoms with Crippen molar-refractivity contribution >= 4 is 23.5 Å². The second-order valence-electron chi connectivity index (χ2n) is 8.10. The Kier molecular flexibility index (Phi) is 6.98. The van der Waals surface area contributed by atoms with Crippen molar-refractivity contribution < 1.29 is 23.9 Å². The molecule has 1 unspecified atom stereocenters. The fourth-order valence-corrected chi connectivity index (χ4v) is 3.93. The van der Waals surface area contributed by atoms with Gasteiger partial charge >= 0.3 is 5.97 Å². The first-order valence-electron chi connectivity index (χ1n) is 10.7. The number of anilines is 1. The highest BCUT2D eigenvalue weighted by Gasteiger charge is 2.49. The van der Waals surface area contributed by atoms with Gasteiger partial charge in [0.1, 0.15) is 11.2 Å². The predicted octanol–water partition coefficient (Wildman–Crippen LogP) is 2.25. The van der Waals surface area contributed by atoms with Crippen LogP contribution >= 0.6 is 0 Å². The Balaban J connectivity index is 2.05. The molecule has 1 aliphatic rings. The number of ether oxygens (including phenoxy) is 2. The molecule has 2 amide bonds. The molecule has 2 heterocycles. The minimum Gasteiger partial charge on any atom is -0.461 e. The number of rotatable bonds is 8. The molecule has 9 heteroatoms. The van der Waals surface area contributed by atoms with Crippen molar-refractivity contribution in [2.45, 2.75) is 46.2 Å². The summed E-state index contributed by atoms with van der Waals surface area (Å²) in [5.74, 6) is -1.31. The Hall–Kier alpha value is -3.20. The Labute approximate surface area is 187 Å². The van der Waals surface area contributed by atoms with Crippen LogP contribution in [-0.4, -0.2) is 60.0 Å². The molecular weight excluding hydrogens is 412 g/mol. The fourth-order valence-electron chi connectivity index (χ4n) is 3.93. The van der Waals surface area contributed by atoms with E-state index < -0.39 is 17.4 Å². The number of fused-ring (bicyclic) bond motifs is 1. The molecule has 0 fully saturated rings. The highest BCUT2D eigenvalue weighted by Crippen LogP contribution is 2.35. The molecule has 0 aliphatic carbocycles. The van der Waals surface area contributed by atoms with Crippen molar-refractivity contribution in [2.24, 2.45) is 0 Å². The normalized spacial score (nSPS) is 17.8. The molecule has 32 heavy (non-hydrogen) atoms. The summed E-state index contributed by atoms with van der Waals surface area (Å²) in [6.45, 7) is 8.51. The lowest BCUT2D eigenvalue weighted by Crippen LogP contribution is -2.64. The Morgan fingerprint density at radius 1 is 1.25 bits per heavy atom. The molecule has 0 saturated carbocycles. The van der Waals surface area contributed by atoms with Crippen LogP contribution in [0.25, 0.3) is 0 Å². The molecular formula is C23H30N4O5. The summed E-state index contributed by atoms with van der Waals surface area (Å²) < 4.78 is 11.5. The molecule has 0 saturated heterocycles. The van der Waals surface area contributed by atoms with Gasteiger partial charge in [-0.1, -0.05) is 17.7 Å². The van der Waals surface area contributed by atoms with Gasteiger partial charge < -0.3 is 14.8 Å². The largest absolute Gasteiger partial charge is 0.461 e. The van der Waals surface area contributed by atoms with Crippen LogP contribution in [0.5, 0.6) is 0 Å². The van der Waals surface area contributed by atoms with Gasteiger partial charge in [0.2, 0.25) is 5.91 Å². The SMILES string of the molecule is CCOC(=O)c1cc2n(n1)CC(C)(C(=O)NCCCOC)N(c1ccc(C)cc1C)C2=O. The van der Waals surface area contributed by atoms with Crippen LogP contribution in [0.3, 0.4) is 0 Å². The van der Waals surface area contributed by atoms with Gasteiger partial charge in [0.25, 0.3) is 5.91 Å². The Morgan fingerprint density at radius 2 is 2.00 bits per heavy atom. The maximum Gasteiger partial charge on any atom is 0.358 e. The van der Waals surface area contributed by atoms with Crippen molar-refractivity contribution in [1.82, 2.24) is 15.1 Å². The third kappa shape index (κ3) is 4.38. The van der Waals surface area contributed by atoms with Gasteiger partial charge in [-0.2, -0.15) is 5.10 Å². The van der Waals surface area contributed by atoms with Gasteiger partial charge in [-0.3, -0.25) is 19.2 Å². The first-order chi connectivity index (χ1) is 15.2. The Morgan fingerprint density at radius 3 is 2.66 bits per heavy atom. The molecule has 3 rings (SSSR count). The second-order valence-corrected chi connectivity index (χ2v) is 8.10. The van der Waals surface area contributed by atoms with Gasteiger partial charge in [-0.25, -0.2) is 4.79 Å². The van der Waals surface area contributed by atoms with Crippen molar-refractivity contribution in [3.05, 3.63) is 46.8 Å². The first-order valence-corrected chi connectivity index (χ1v) is 10.7. The molecule has 0 bridgehead atoms. The molecule has 9 nitrogen and oxygen atoms in total. The summed E-state index contributed by atoms with van der Waals surface area (Å²) in [5.41, 5.74) is 1.58. The van der Waals surface area contributed by atoms with Gasteiger partial charge in [0.05, 0.1) is 13.2 Å². The zero-order chi connectivity index (χ0) is 23.5. The van der Waals surface area contributed by atoms with Crippen LogP contribution in [-0.2, 0) is 20.8 Å². The van der Waals surface area contributed by atoms with E-state index in [4.69, 9.17) is 9.47 Å². The fraction of sp³-hybridized carbons (Fsp3) is 0.478. The van der Waals surface area contributed by atoms with Crippen LogP contribution in [0.2, 0.25) is 0 Å². The summed E-state index contributed by atoms with van der Waals surface area (Å²) in [4.78, 5) is 40.7. The van der Waals surface area contributed by atoms with Gasteiger partial charge in [0, 0.05) is 32.0 Å². The Bertz CT molecular complexity index is 1030. The summed E-state index contributed by atoms with van der Waals surface area (Å²) in [5, 5.41) is 7.18. The van der Waals surface area contributed by atoms with Crippen LogP contribution in [0.15, 0.2) is 24.3 Å². The van der Waals surface area contributed by atoms with Crippen molar-refractivity contribution in [3.63, 3.8) is 0 Å². The third-order valence-electron chi connectivity index (χ3n) is 5.53. The van der Waals surface area contributed by atoms with Gasteiger partial charge in [0.15, 0.2) is 5.69 Å². The number of hydrogen-bond acceptors (Lipinski definition) is 6. The van der Waals surface area contributed by atoms with E-state index in [1.54, 1.807) is 21.0 Å². The molecule has 0 spiro atoms. The van der Waals surface area contributed by atoms with Gasteiger partial charge in [-0.05, 0) is 45.7 Å². The third-order valence-corrected chi connectivity index (χ3v) is 5.53. The highest BCUT2D eigenvalue weighted by atomic mass is 16.5. The van der Waals surface area contributed by atoms with Crippen LogP contribution in [0, 0.1) is 13.8 Å². The molecule has 0 radical (unpaired) electrons. The number of aromatic nitrogens is 2. The summed E-state index contributed by atoms with van der Waals surface area (Å²) >= 11 is 0. The van der Waals surface area contributed by atoms with E-state index in [1.807, 2.05) is 32.0 Å². The lowest BCUT2D eigenvalue weighted by Gasteiger charge is -2.43. The maximum atomic E-state index is 13.7. The van der Waals surface area contributed by atoms with Crippen molar-refractivity contribution in [2.75, 3.05) is 31.8 Å². The minimum absolute atomic E-state index is 0.0422. The van der Waals surface area contributed by atoms with Crippen LogP contribution < -0.4 is 10.2 Å². The van der Waals surface area contributed by atoms with Crippen molar-refractivity contribution in [1.29, 1.82) is 0 Å². The topological polar surface area (TPSA) is 103 Å². The minimum atomic E-state index is -1.25. The quantitative estimate of drug-likeness (QED) is 0.497. The molecule has 1 aliphatic heterocycles. The van der Waals surface area contributed by atoms with Crippen LogP contribution in [0.4, 0.5) is 5.69 Å². The second kappa shape index (κ2) is 9.52. The average Bonchev–Trinajstić information content (AvgIpc) is 3.17. The highest BCUT2D eigenvalue weighted by molar-refractivity contribution is 6.12. The van der Waals surface area contributed by atoms with Crippen molar-refractivity contribution in [3.8, 4) is 0 Å². The summed E-state index contributed by atoms with van der Waals surface area (Å²) in [7, 11) is 1.60. The molecule has 2 aromatic rings. The smallest absolute Gasteiger partial charge is 0.358 e. The van der Waals surface area contributed by atoms with E-state index in [1.165, 1.54) is 15.6 Å². The number of methoxy groups -OCH3 is 1. The lowest BCUT2D eigenvalue weighted by molar-refractivity contribution is -0.126. The van der Waals surface area contributed by atoms with E-state index in [-0.39, 0.29) is 30.4 Å². The number of esters is 1. The molecule has 1 aromatic carbocycles. The lowest BCUT2D eigenvalue weighted by atomic mass is 9.92. The van der Waals surface area contributed by atoms with E-state index in [0.29, 0.717) is 25.3 Å². The summed E-state index contributed by atoms with van der Waals surface area (Å²) in [6, 6.07) is 7.14. The van der Waals surface area contributed by atoms with E-state index >= 15 is 0 Å². The number of nitrogens with zero attached hydrogens (tertiary/aromatic N) is 3. The van der Waals surface area contributed by atoms with E-state index in [2.05, 4.69) is 10.4 Å².